The van der Waals surface area contributed by atoms with Gasteiger partial charge in [0.15, 0.2) is 0 Å². The van der Waals surface area contributed by atoms with E-state index in [0.29, 0.717) is 0 Å². The summed E-state index contributed by atoms with van der Waals surface area (Å²) in [6.07, 6.45) is 1.75. The summed E-state index contributed by atoms with van der Waals surface area (Å²) in [7, 11) is 0. The molecule has 0 aliphatic rings. The SMILES string of the molecule is C=CC.[C-]#[O+].[H+]. The predicted molar refractivity (Wildman–Crippen MR) is 20.9 cm³/mol. The smallest absolute Gasteiger partial charge is 1.00 e. The normalized spacial score (nSPS) is 3.00. The van der Waals surface area contributed by atoms with Crippen molar-refractivity contribution < 1.29 is 6.08 Å². The zero-order valence-corrected chi connectivity index (χ0v) is 3.19. The van der Waals surface area contributed by atoms with Gasteiger partial charge >= 0.3 is 12.7 Å². The van der Waals surface area contributed by atoms with Gasteiger partial charge in [0.2, 0.25) is 0 Å². The van der Waals surface area contributed by atoms with Crippen LogP contribution in [0.3, 0.4) is 0 Å². The summed E-state index contributed by atoms with van der Waals surface area (Å²) in [4.78, 5) is 0. The molecule has 0 aromatic rings. The van der Waals surface area contributed by atoms with E-state index in [-0.39, 0.29) is 1.43 Å². The second-order valence-electron chi connectivity index (χ2n) is 0.408. The minimum Gasteiger partial charge on any atom is 1.00 e. The molecular weight excluding hydrogens is 64.0 g/mol. The van der Waals surface area contributed by atoms with Gasteiger partial charge in [0.05, 0.1) is 0 Å². The summed E-state index contributed by atoms with van der Waals surface area (Å²) in [6, 6.07) is 0. The fraction of sp³-hybridized carbons (Fsp3) is 0.250. The number of hydrogen-bond acceptors (Lipinski definition) is 0. The van der Waals surface area contributed by atoms with Crippen molar-refractivity contribution in [2.75, 3.05) is 0 Å². The Kier molecular flexibility index (Phi) is 164. The van der Waals surface area contributed by atoms with Crippen LogP contribution in [0.25, 0.3) is 0 Å². The molecule has 0 amide bonds. The number of hydrogen-bond donors (Lipinski definition) is 0. The minimum absolute atomic E-state index is 0. The summed E-state index contributed by atoms with van der Waals surface area (Å²) in [5, 5.41) is 0. The molecule has 0 saturated heterocycles. The Morgan fingerprint density at radius 2 is 2.00 bits per heavy atom. The summed E-state index contributed by atoms with van der Waals surface area (Å²) >= 11 is 0. The van der Waals surface area contributed by atoms with Crippen molar-refractivity contribution in [2.45, 2.75) is 6.92 Å². The monoisotopic (exact) mass is 71.0 g/mol. The molecule has 0 radical (unpaired) electrons. The minimum atomic E-state index is 0. The molecule has 1 nitrogen and oxygen atoms in total. The first-order valence-corrected chi connectivity index (χ1v) is 1.19. The second kappa shape index (κ2) is 92.9. The van der Waals surface area contributed by atoms with Crippen LogP contribution in [0, 0.1) is 6.65 Å². The van der Waals surface area contributed by atoms with E-state index < -0.39 is 0 Å². The molecule has 0 aromatic carbocycles. The van der Waals surface area contributed by atoms with Gasteiger partial charge in [-0.2, -0.15) is 0 Å². The molecule has 0 bridgehead atoms. The molecule has 5 heavy (non-hydrogen) atoms. The first-order chi connectivity index (χ1) is 2.41. The van der Waals surface area contributed by atoms with Gasteiger partial charge in [-0.3, -0.25) is 0 Å². The van der Waals surface area contributed by atoms with Crippen LogP contribution in [0.2, 0.25) is 0 Å². The van der Waals surface area contributed by atoms with Crippen molar-refractivity contribution in [2.24, 2.45) is 0 Å². The van der Waals surface area contributed by atoms with E-state index in [9.17, 15) is 0 Å². The van der Waals surface area contributed by atoms with E-state index in [1.165, 1.54) is 0 Å². The summed E-state index contributed by atoms with van der Waals surface area (Å²) in [5.74, 6) is 0. The zero-order valence-electron chi connectivity index (χ0n) is 4.19. The maximum absolute atomic E-state index is 7.50. The van der Waals surface area contributed by atoms with E-state index in [2.05, 4.69) is 13.2 Å². The quantitative estimate of drug-likeness (QED) is 0.233. The van der Waals surface area contributed by atoms with E-state index >= 15 is 0 Å². The molecule has 0 aliphatic carbocycles. The van der Waals surface area contributed by atoms with Crippen molar-refractivity contribution in [3.63, 3.8) is 0 Å². The maximum Gasteiger partial charge on any atom is 1.00 e. The van der Waals surface area contributed by atoms with Crippen LogP contribution in [-0.4, -0.2) is 0 Å². The van der Waals surface area contributed by atoms with E-state index in [0.717, 1.165) is 0 Å². The van der Waals surface area contributed by atoms with Gasteiger partial charge in [-0.1, -0.05) is 6.08 Å². The van der Waals surface area contributed by atoms with Crippen molar-refractivity contribution in [1.29, 1.82) is 0 Å². The van der Waals surface area contributed by atoms with Crippen molar-refractivity contribution in [1.82, 2.24) is 0 Å². The Morgan fingerprint density at radius 1 is 2.00 bits per heavy atom. The Hall–Kier alpha value is -0.520. The van der Waals surface area contributed by atoms with E-state index in [1.807, 2.05) is 6.92 Å². The number of allylic oxidation sites excluding steroid dienone is 1. The van der Waals surface area contributed by atoms with Crippen LogP contribution >= 0.6 is 0 Å². The third-order valence-electron chi connectivity index (χ3n) is 0. The Bertz CT molecular complexity index is 31.8. The molecule has 0 aromatic heterocycles. The molecule has 1 heteroatoms. The van der Waals surface area contributed by atoms with Crippen LogP contribution in [0.5, 0.6) is 0 Å². The summed E-state index contributed by atoms with van der Waals surface area (Å²) in [5.41, 5.74) is 0. The van der Waals surface area contributed by atoms with Crippen molar-refractivity contribution in [3.05, 3.63) is 19.3 Å². The molecule has 0 rings (SSSR count). The third kappa shape index (κ3) is 28.2. The molecule has 0 fully saturated rings. The van der Waals surface area contributed by atoms with Gasteiger partial charge in [0.25, 0.3) is 0 Å². The Morgan fingerprint density at radius 3 is 2.00 bits per heavy atom. The first kappa shape index (κ1) is 8.82. The van der Waals surface area contributed by atoms with Crippen molar-refractivity contribution in [3.8, 4) is 0 Å². The predicted octanol–water partition coefficient (Wildman–Crippen LogP) is 1.27. The van der Waals surface area contributed by atoms with Gasteiger partial charge in [0, 0.05) is 0 Å². The van der Waals surface area contributed by atoms with Crippen LogP contribution in [0.1, 0.15) is 8.35 Å². The molecule has 0 saturated carbocycles. The standard InChI is InChI=1S/C3H6.CO/c1-3-2;1-2/h3H,1H2,2H3;/p+1. The van der Waals surface area contributed by atoms with Crippen molar-refractivity contribution >= 4 is 0 Å². The first-order valence-electron chi connectivity index (χ1n) is 1.19. The molecule has 0 aliphatic heterocycles. The summed E-state index contributed by atoms with van der Waals surface area (Å²) < 4.78 is 7.50. The topological polar surface area (TPSA) is 19.9 Å². The van der Waals surface area contributed by atoms with Crippen LogP contribution < -0.4 is 0 Å². The Labute approximate surface area is 33.5 Å². The maximum atomic E-state index is 7.50. The molecule has 0 unspecified atom stereocenters. The van der Waals surface area contributed by atoms with Gasteiger partial charge in [0.1, 0.15) is 0 Å². The summed E-state index contributed by atoms with van der Waals surface area (Å²) in [6.45, 7) is 9.75. The average molecular weight is 71.1 g/mol. The fourth-order valence-electron chi connectivity index (χ4n) is 0. The molecule has 28 valence electrons. The molecular formula is C4H7O+. The third-order valence-corrected chi connectivity index (χ3v) is 0. The van der Waals surface area contributed by atoms with Crippen LogP contribution in [-0.2, 0) is 4.65 Å². The van der Waals surface area contributed by atoms with Gasteiger partial charge in [-0.05, 0) is 6.92 Å². The number of rotatable bonds is 0. The van der Waals surface area contributed by atoms with E-state index in [4.69, 9.17) is 4.65 Å². The van der Waals surface area contributed by atoms with E-state index in [1.54, 1.807) is 6.08 Å². The molecule has 0 heterocycles. The van der Waals surface area contributed by atoms with Crippen LogP contribution in [0.15, 0.2) is 12.7 Å². The molecule has 0 atom stereocenters. The van der Waals surface area contributed by atoms with Gasteiger partial charge < -0.3 is 0 Å². The van der Waals surface area contributed by atoms with Gasteiger partial charge in [-0.15, -0.1) is 6.58 Å². The van der Waals surface area contributed by atoms with Gasteiger partial charge in [-0.25, -0.2) is 0 Å². The molecule has 0 N–H and O–H groups in total. The van der Waals surface area contributed by atoms with Crippen LogP contribution in [0.4, 0.5) is 0 Å². The second-order valence-corrected chi connectivity index (χ2v) is 0.408. The largest absolute Gasteiger partial charge is 1.00 e. The fourth-order valence-corrected chi connectivity index (χ4v) is 0. The Balaban J connectivity index is -0.0000000275. The molecule has 0 spiro atoms. The average Bonchev–Trinajstić information content (AvgIpc) is 1.46. The zero-order chi connectivity index (χ0) is 4.71.